The number of carbonyl (C=O) groups excluding carboxylic acids is 1. The van der Waals surface area contributed by atoms with Crippen LogP contribution >= 0.6 is 11.6 Å². The van der Waals surface area contributed by atoms with Crippen molar-refractivity contribution in [1.82, 2.24) is 14.9 Å². The summed E-state index contributed by atoms with van der Waals surface area (Å²) < 4.78 is 5.75. The minimum atomic E-state index is -0.0124. The van der Waals surface area contributed by atoms with Crippen molar-refractivity contribution in [2.45, 2.75) is 13.0 Å². The number of fused-ring (bicyclic) bond motifs is 1. The van der Waals surface area contributed by atoms with Crippen molar-refractivity contribution >= 4 is 29.1 Å². The molecule has 0 aliphatic carbocycles. The van der Waals surface area contributed by atoms with E-state index in [0.29, 0.717) is 17.4 Å². The van der Waals surface area contributed by atoms with Crippen LogP contribution in [-0.4, -0.2) is 59.7 Å². The maximum atomic E-state index is 13.1. The van der Waals surface area contributed by atoms with Gasteiger partial charge in [-0.15, -0.1) is 0 Å². The van der Waals surface area contributed by atoms with Crippen LogP contribution in [0.1, 0.15) is 6.92 Å². The third-order valence-electron chi connectivity index (χ3n) is 5.57. The molecule has 1 aromatic heterocycles. The molecule has 1 spiro atoms. The van der Waals surface area contributed by atoms with Gasteiger partial charge in [-0.2, -0.15) is 0 Å². The van der Waals surface area contributed by atoms with Gasteiger partial charge in [-0.05, 0) is 25.1 Å². The molecule has 140 valence electrons. The van der Waals surface area contributed by atoms with Crippen LogP contribution in [0.4, 0.5) is 16.3 Å². The zero-order chi connectivity index (χ0) is 18.6. The largest absolute Gasteiger partial charge is 0.489 e. The van der Waals surface area contributed by atoms with Crippen molar-refractivity contribution in [2.24, 2.45) is 5.41 Å². The number of hydrogen-bond acceptors (Lipinski definition) is 5. The molecule has 1 unspecified atom stereocenters. The van der Waals surface area contributed by atoms with E-state index in [9.17, 15) is 4.79 Å². The van der Waals surface area contributed by atoms with Crippen molar-refractivity contribution in [3.63, 3.8) is 0 Å². The Kier molecular flexibility index (Phi) is 3.69. The van der Waals surface area contributed by atoms with Gasteiger partial charge in [0.15, 0.2) is 0 Å². The van der Waals surface area contributed by atoms with Crippen molar-refractivity contribution in [1.29, 1.82) is 0 Å². The SMILES string of the molecule is CC1COc2cc(Cl)ccc2N1C(=O)N1CC2(C1)CN(c1ccncn1)C2. The number of anilines is 2. The van der Waals surface area contributed by atoms with E-state index in [1.54, 1.807) is 24.7 Å². The number of benzene rings is 1. The van der Waals surface area contributed by atoms with Gasteiger partial charge in [0, 0.05) is 48.9 Å². The van der Waals surface area contributed by atoms with Crippen molar-refractivity contribution in [3.8, 4) is 5.75 Å². The zero-order valence-electron chi connectivity index (χ0n) is 15.0. The fourth-order valence-corrected chi connectivity index (χ4v) is 4.43. The van der Waals surface area contributed by atoms with Crippen LogP contribution in [0.15, 0.2) is 36.8 Å². The van der Waals surface area contributed by atoms with E-state index in [1.807, 2.05) is 28.9 Å². The molecule has 2 fully saturated rings. The van der Waals surface area contributed by atoms with Crippen molar-refractivity contribution in [3.05, 3.63) is 41.8 Å². The molecule has 27 heavy (non-hydrogen) atoms. The maximum absolute atomic E-state index is 13.1. The van der Waals surface area contributed by atoms with E-state index in [4.69, 9.17) is 16.3 Å². The molecule has 5 rings (SSSR count). The van der Waals surface area contributed by atoms with Crippen LogP contribution in [0, 0.1) is 5.41 Å². The van der Waals surface area contributed by atoms with E-state index >= 15 is 0 Å². The summed E-state index contributed by atoms with van der Waals surface area (Å²) in [6, 6.07) is 7.38. The predicted molar refractivity (Wildman–Crippen MR) is 103 cm³/mol. The number of carbonyl (C=O) groups is 1. The fourth-order valence-electron chi connectivity index (χ4n) is 4.26. The molecular weight excluding hydrogens is 366 g/mol. The molecular formula is C19H20ClN5O2. The first kappa shape index (κ1) is 16.6. The van der Waals surface area contributed by atoms with Gasteiger partial charge < -0.3 is 14.5 Å². The highest BCUT2D eigenvalue weighted by molar-refractivity contribution is 6.30. The lowest BCUT2D eigenvalue weighted by molar-refractivity contribution is 0.00857. The first-order valence-corrected chi connectivity index (χ1v) is 9.44. The summed E-state index contributed by atoms with van der Waals surface area (Å²) in [4.78, 5) is 27.4. The lowest BCUT2D eigenvalue weighted by atomic mass is 9.73. The first-order chi connectivity index (χ1) is 13.0. The van der Waals surface area contributed by atoms with Crippen molar-refractivity contribution in [2.75, 3.05) is 42.6 Å². The van der Waals surface area contributed by atoms with E-state index in [1.165, 1.54) is 0 Å². The van der Waals surface area contributed by atoms with Crippen LogP contribution in [0.5, 0.6) is 5.75 Å². The Labute approximate surface area is 162 Å². The van der Waals surface area contributed by atoms with Crippen LogP contribution < -0.4 is 14.5 Å². The van der Waals surface area contributed by atoms with Crippen LogP contribution in [0.2, 0.25) is 5.02 Å². The van der Waals surface area contributed by atoms with E-state index in [0.717, 1.165) is 37.7 Å². The Morgan fingerprint density at radius 3 is 2.81 bits per heavy atom. The summed E-state index contributed by atoms with van der Waals surface area (Å²) >= 11 is 6.06. The molecule has 0 N–H and O–H groups in total. The smallest absolute Gasteiger partial charge is 0.325 e. The minimum Gasteiger partial charge on any atom is -0.489 e. The monoisotopic (exact) mass is 385 g/mol. The molecule has 2 aromatic rings. The predicted octanol–water partition coefficient (Wildman–Crippen LogP) is 2.66. The average molecular weight is 386 g/mol. The third kappa shape index (κ3) is 2.68. The lowest BCUT2D eigenvalue weighted by Gasteiger charge is -2.61. The summed E-state index contributed by atoms with van der Waals surface area (Å²) in [6.07, 6.45) is 3.33. The number of rotatable bonds is 1. The number of likely N-dealkylation sites (tertiary alicyclic amines) is 1. The fraction of sp³-hybridized carbons (Fsp3) is 0.421. The lowest BCUT2D eigenvalue weighted by Crippen LogP contribution is -2.74. The Bertz CT molecular complexity index is 879. The van der Waals surface area contributed by atoms with E-state index in [2.05, 4.69) is 14.9 Å². The quantitative estimate of drug-likeness (QED) is 0.755. The average Bonchev–Trinajstić information content (AvgIpc) is 2.60. The molecule has 0 saturated carbocycles. The summed E-state index contributed by atoms with van der Waals surface area (Å²) in [5, 5.41) is 0.609. The number of halogens is 1. The second-order valence-electron chi connectivity index (χ2n) is 7.70. The van der Waals surface area contributed by atoms with Crippen LogP contribution in [0.3, 0.4) is 0 Å². The molecule has 7 nitrogen and oxygen atoms in total. The van der Waals surface area contributed by atoms with E-state index < -0.39 is 0 Å². The molecule has 0 radical (unpaired) electrons. The standard InChI is InChI=1S/C19H20ClN5O2/c1-13-7-27-16-6-14(20)2-3-15(16)25(13)18(26)24-10-19(11-24)8-23(9-19)17-4-5-21-12-22-17/h2-6,12-13H,7-11H2,1H3. The number of aromatic nitrogens is 2. The second kappa shape index (κ2) is 5.99. The number of amides is 2. The molecule has 2 saturated heterocycles. The molecule has 4 heterocycles. The van der Waals surface area contributed by atoms with Gasteiger partial charge >= 0.3 is 6.03 Å². The highest BCUT2D eigenvalue weighted by Crippen LogP contribution is 2.43. The van der Waals surface area contributed by atoms with Crippen LogP contribution in [-0.2, 0) is 0 Å². The molecule has 8 heteroatoms. The highest BCUT2D eigenvalue weighted by atomic mass is 35.5. The third-order valence-corrected chi connectivity index (χ3v) is 5.81. The van der Waals surface area contributed by atoms with Crippen LogP contribution in [0.25, 0.3) is 0 Å². The van der Waals surface area contributed by atoms with Gasteiger partial charge in [-0.3, -0.25) is 4.90 Å². The zero-order valence-corrected chi connectivity index (χ0v) is 15.8. The molecule has 0 bridgehead atoms. The summed E-state index contributed by atoms with van der Waals surface area (Å²) in [5.41, 5.74) is 0.985. The second-order valence-corrected chi connectivity index (χ2v) is 8.14. The Hall–Kier alpha value is -2.54. The van der Waals surface area contributed by atoms with Crippen molar-refractivity contribution < 1.29 is 9.53 Å². The van der Waals surface area contributed by atoms with Gasteiger partial charge in [0.1, 0.15) is 24.5 Å². The highest BCUT2D eigenvalue weighted by Gasteiger charge is 2.54. The summed E-state index contributed by atoms with van der Waals surface area (Å²) in [7, 11) is 0. The molecule has 1 aromatic carbocycles. The Morgan fingerprint density at radius 2 is 2.07 bits per heavy atom. The molecule has 1 atom stereocenters. The maximum Gasteiger partial charge on any atom is 0.325 e. The Morgan fingerprint density at radius 1 is 1.26 bits per heavy atom. The molecule has 3 aliphatic heterocycles. The topological polar surface area (TPSA) is 61.8 Å². The van der Waals surface area contributed by atoms with Gasteiger partial charge in [-0.25, -0.2) is 14.8 Å². The van der Waals surface area contributed by atoms with Gasteiger partial charge in [-0.1, -0.05) is 11.6 Å². The number of ether oxygens (including phenoxy) is 1. The first-order valence-electron chi connectivity index (χ1n) is 9.06. The number of urea groups is 1. The summed E-state index contributed by atoms with van der Waals surface area (Å²) in [5.74, 6) is 1.62. The van der Waals surface area contributed by atoms with E-state index in [-0.39, 0.29) is 17.5 Å². The normalized spacial score (nSPS) is 22.6. The van der Waals surface area contributed by atoms with Gasteiger partial charge in [0.2, 0.25) is 0 Å². The minimum absolute atomic E-state index is 0.0124. The molecule has 2 amide bonds. The van der Waals surface area contributed by atoms with Gasteiger partial charge in [0.05, 0.1) is 11.7 Å². The number of hydrogen-bond donors (Lipinski definition) is 0. The molecule has 3 aliphatic rings. The number of nitrogens with zero attached hydrogens (tertiary/aromatic N) is 5. The van der Waals surface area contributed by atoms with Gasteiger partial charge in [0.25, 0.3) is 0 Å². The Balaban J connectivity index is 1.26. The summed E-state index contributed by atoms with van der Waals surface area (Å²) in [6.45, 7) is 5.89.